The Bertz CT molecular complexity index is 234. The van der Waals surface area contributed by atoms with E-state index in [9.17, 15) is 4.79 Å². The van der Waals surface area contributed by atoms with E-state index in [1.54, 1.807) is 0 Å². The van der Waals surface area contributed by atoms with Crippen molar-refractivity contribution in [1.29, 1.82) is 0 Å². The van der Waals surface area contributed by atoms with Crippen molar-refractivity contribution >= 4 is 5.91 Å². The number of ether oxygens (including phenoxy) is 2. The molecule has 5 nitrogen and oxygen atoms in total. The number of amides is 1. The van der Waals surface area contributed by atoms with Gasteiger partial charge in [-0.1, -0.05) is 0 Å². The van der Waals surface area contributed by atoms with E-state index in [0.717, 1.165) is 12.8 Å². The largest absolute Gasteiger partial charge is 0.382 e. The first-order valence-electron chi connectivity index (χ1n) is 6.43. The number of hydrogen-bond donors (Lipinski definition) is 2. The second-order valence-corrected chi connectivity index (χ2v) is 4.29. The topological polar surface area (TPSA) is 73.6 Å². The van der Waals surface area contributed by atoms with Gasteiger partial charge in [-0.25, -0.2) is 0 Å². The van der Waals surface area contributed by atoms with Crippen LogP contribution in [0.15, 0.2) is 0 Å². The molecular formula is C12H24N2O3. The molecule has 1 fully saturated rings. The number of hydrogen-bond acceptors (Lipinski definition) is 4. The monoisotopic (exact) mass is 244 g/mol. The first-order valence-corrected chi connectivity index (χ1v) is 6.43. The highest BCUT2D eigenvalue weighted by Crippen LogP contribution is 2.22. The van der Waals surface area contributed by atoms with Crippen molar-refractivity contribution < 1.29 is 14.3 Å². The van der Waals surface area contributed by atoms with E-state index >= 15 is 0 Å². The lowest BCUT2D eigenvalue weighted by molar-refractivity contribution is -0.126. The molecule has 5 heteroatoms. The maximum Gasteiger partial charge on any atom is 0.220 e. The SMILES string of the molecule is CCOCCCC(=O)NC1C(N)CC1OCC. The van der Waals surface area contributed by atoms with Crippen LogP contribution >= 0.6 is 0 Å². The highest BCUT2D eigenvalue weighted by Gasteiger charge is 2.40. The van der Waals surface area contributed by atoms with Crippen LogP contribution in [0.4, 0.5) is 0 Å². The van der Waals surface area contributed by atoms with Gasteiger partial charge < -0.3 is 20.5 Å². The molecule has 1 rings (SSSR count). The molecule has 0 saturated heterocycles. The van der Waals surface area contributed by atoms with Crippen molar-refractivity contribution in [3.05, 3.63) is 0 Å². The lowest BCUT2D eigenvalue weighted by Crippen LogP contribution is -2.64. The fraction of sp³-hybridized carbons (Fsp3) is 0.917. The zero-order chi connectivity index (χ0) is 12.7. The second kappa shape index (κ2) is 7.63. The van der Waals surface area contributed by atoms with Crippen LogP contribution in [0.25, 0.3) is 0 Å². The number of nitrogens with one attached hydrogen (secondary N) is 1. The van der Waals surface area contributed by atoms with Crippen molar-refractivity contribution in [1.82, 2.24) is 5.32 Å². The van der Waals surface area contributed by atoms with Crippen LogP contribution in [0.5, 0.6) is 0 Å². The van der Waals surface area contributed by atoms with Crippen LogP contribution in [0.3, 0.4) is 0 Å². The van der Waals surface area contributed by atoms with E-state index in [1.807, 2.05) is 13.8 Å². The lowest BCUT2D eigenvalue weighted by atomic mass is 9.83. The quantitative estimate of drug-likeness (QED) is 0.607. The van der Waals surface area contributed by atoms with Crippen LogP contribution in [-0.4, -0.2) is 43.9 Å². The Morgan fingerprint density at radius 3 is 2.76 bits per heavy atom. The molecule has 0 bridgehead atoms. The van der Waals surface area contributed by atoms with Crippen LogP contribution in [0.1, 0.15) is 33.1 Å². The standard InChI is InChI=1S/C12H24N2O3/c1-3-16-7-5-6-11(15)14-12-9(13)8-10(12)17-4-2/h9-10,12H,3-8,13H2,1-2H3,(H,14,15). The zero-order valence-corrected chi connectivity index (χ0v) is 10.8. The van der Waals surface area contributed by atoms with Crippen molar-refractivity contribution in [3.63, 3.8) is 0 Å². The van der Waals surface area contributed by atoms with Crippen molar-refractivity contribution in [3.8, 4) is 0 Å². The molecular weight excluding hydrogens is 220 g/mol. The molecule has 3 N–H and O–H groups in total. The molecule has 0 heterocycles. The third kappa shape index (κ3) is 4.61. The van der Waals surface area contributed by atoms with Gasteiger partial charge in [-0.15, -0.1) is 0 Å². The van der Waals surface area contributed by atoms with Crippen molar-refractivity contribution in [2.75, 3.05) is 19.8 Å². The van der Waals surface area contributed by atoms with Gasteiger partial charge in [0.05, 0.1) is 12.1 Å². The van der Waals surface area contributed by atoms with E-state index in [0.29, 0.717) is 26.2 Å². The fourth-order valence-electron chi connectivity index (χ4n) is 1.96. The molecule has 3 unspecified atom stereocenters. The molecule has 100 valence electrons. The zero-order valence-electron chi connectivity index (χ0n) is 10.8. The molecule has 0 aromatic heterocycles. The summed E-state index contributed by atoms with van der Waals surface area (Å²) in [5, 5.41) is 2.93. The average molecular weight is 244 g/mol. The van der Waals surface area contributed by atoms with Gasteiger partial charge in [0.15, 0.2) is 0 Å². The summed E-state index contributed by atoms with van der Waals surface area (Å²) in [6.45, 7) is 5.89. The van der Waals surface area contributed by atoms with Gasteiger partial charge in [-0.05, 0) is 26.7 Å². The third-order valence-electron chi connectivity index (χ3n) is 2.97. The summed E-state index contributed by atoms with van der Waals surface area (Å²) < 4.78 is 10.7. The minimum atomic E-state index is -0.0189. The van der Waals surface area contributed by atoms with Crippen LogP contribution < -0.4 is 11.1 Å². The number of rotatable bonds is 8. The summed E-state index contributed by atoms with van der Waals surface area (Å²) in [5.74, 6) is 0.0366. The lowest BCUT2D eigenvalue weighted by Gasteiger charge is -2.42. The van der Waals surface area contributed by atoms with E-state index in [4.69, 9.17) is 15.2 Å². The molecule has 0 radical (unpaired) electrons. The maximum atomic E-state index is 11.6. The number of nitrogens with two attached hydrogens (primary N) is 1. The Hall–Kier alpha value is -0.650. The van der Waals surface area contributed by atoms with Gasteiger partial charge in [-0.2, -0.15) is 0 Å². The van der Waals surface area contributed by atoms with Gasteiger partial charge >= 0.3 is 0 Å². The number of carbonyl (C=O) groups is 1. The summed E-state index contributed by atoms with van der Waals surface area (Å²) in [5.41, 5.74) is 5.85. The fourth-order valence-corrected chi connectivity index (χ4v) is 1.96. The summed E-state index contributed by atoms with van der Waals surface area (Å²) in [6, 6.07) is 0.0111. The molecule has 0 aliphatic heterocycles. The molecule has 1 aliphatic rings. The second-order valence-electron chi connectivity index (χ2n) is 4.29. The Labute approximate surface area is 103 Å². The normalized spacial score (nSPS) is 27.6. The number of carbonyl (C=O) groups excluding carboxylic acids is 1. The molecule has 1 amide bonds. The highest BCUT2D eigenvalue weighted by atomic mass is 16.5. The molecule has 1 saturated carbocycles. The maximum absolute atomic E-state index is 11.6. The molecule has 0 spiro atoms. The van der Waals surface area contributed by atoms with Crippen molar-refractivity contribution in [2.45, 2.75) is 51.3 Å². The van der Waals surface area contributed by atoms with E-state index in [1.165, 1.54) is 0 Å². The van der Waals surface area contributed by atoms with E-state index in [2.05, 4.69) is 5.32 Å². The summed E-state index contributed by atoms with van der Waals surface area (Å²) >= 11 is 0. The van der Waals surface area contributed by atoms with Crippen LogP contribution in [0.2, 0.25) is 0 Å². The Balaban J connectivity index is 2.16. The van der Waals surface area contributed by atoms with Gasteiger partial charge in [-0.3, -0.25) is 4.79 Å². The molecule has 17 heavy (non-hydrogen) atoms. The van der Waals surface area contributed by atoms with E-state index in [-0.39, 0.29) is 24.1 Å². The Morgan fingerprint density at radius 2 is 2.18 bits per heavy atom. The molecule has 1 aliphatic carbocycles. The molecule has 0 aromatic carbocycles. The first kappa shape index (κ1) is 14.4. The Morgan fingerprint density at radius 1 is 1.41 bits per heavy atom. The van der Waals surface area contributed by atoms with E-state index < -0.39 is 0 Å². The molecule has 0 aromatic rings. The predicted octanol–water partition coefficient (Wildman–Crippen LogP) is 0.424. The van der Waals surface area contributed by atoms with Gasteiger partial charge in [0.2, 0.25) is 5.91 Å². The average Bonchev–Trinajstić information content (AvgIpc) is 2.32. The summed E-state index contributed by atoms with van der Waals surface area (Å²) in [7, 11) is 0. The predicted molar refractivity (Wildman–Crippen MR) is 65.7 cm³/mol. The third-order valence-corrected chi connectivity index (χ3v) is 2.97. The molecule has 3 atom stereocenters. The summed E-state index contributed by atoms with van der Waals surface area (Å²) in [6.07, 6.45) is 2.16. The minimum absolute atomic E-state index is 0.0189. The smallest absolute Gasteiger partial charge is 0.220 e. The van der Waals surface area contributed by atoms with Gasteiger partial charge in [0.25, 0.3) is 0 Å². The highest BCUT2D eigenvalue weighted by molar-refractivity contribution is 5.76. The van der Waals surface area contributed by atoms with Crippen LogP contribution in [-0.2, 0) is 14.3 Å². The first-order chi connectivity index (χ1) is 8.19. The van der Waals surface area contributed by atoms with Crippen LogP contribution in [0, 0.1) is 0 Å². The minimum Gasteiger partial charge on any atom is -0.382 e. The van der Waals surface area contributed by atoms with Gasteiger partial charge in [0, 0.05) is 32.3 Å². The van der Waals surface area contributed by atoms with Crippen molar-refractivity contribution in [2.24, 2.45) is 5.73 Å². The summed E-state index contributed by atoms with van der Waals surface area (Å²) in [4.78, 5) is 11.6. The van der Waals surface area contributed by atoms with Gasteiger partial charge in [0.1, 0.15) is 0 Å². The Kier molecular flexibility index (Phi) is 6.47.